The Morgan fingerprint density at radius 3 is 2.09 bits per heavy atom. The van der Waals surface area contributed by atoms with Crippen molar-refractivity contribution >= 4 is 17.4 Å². The number of amides is 1. The Balaban J connectivity index is 1.76. The molecule has 1 fully saturated rings. The first-order chi connectivity index (χ1) is 20.1. The van der Waals surface area contributed by atoms with Crippen LogP contribution in [0.15, 0.2) is 42.0 Å². The SMILES string of the molecule is COc1ccc(C(=O)C(F)(F)F)cc1C1=C(CN2C(=O)OC(c3cc(C(F)(F)F)cc(C(F)(F)F)c3)C2C)CC(C)(C)CC1. The molecule has 240 valence electrons. The number of cyclic esters (lactones) is 1. The van der Waals surface area contributed by atoms with Crippen LogP contribution in [0.4, 0.5) is 44.3 Å². The Morgan fingerprint density at radius 1 is 0.977 bits per heavy atom. The molecule has 2 aliphatic rings. The Labute approximate surface area is 246 Å². The number of ketones is 1. The summed E-state index contributed by atoms with van der Waals surface area (Å²) in [5.74, 6) is -1.88. The number of methoxy groups -OCH3 is 1. The fourth-order valence-electron chi connectivity index (χ4n) is 5.65. The minimum absolute atomic E-state index is 0.0189. The summed E-state index contributed by atoms with van der Waals surface area (Å²) >= 11 is 0. The van der Waals surface area contributed by atoms with Crippen molar-refractivity contribution in [1.29, 1.82) is 0 Å². The standard InChI is InChI=1S/C30H28F9NO4/c1-15-24(17-9-19(28(31,32)33)12-20(10-17)29(34,35)36)44-26(42)40(15)14-18-13-27(2,3)8-7-21(18)22-11-16(5-6-23(22)43-4)25(41)30(37,38)39/h5-6,9-12,15,24H,7-8,13-14H2,1-4H3. The van der Waals surface area contributed by atoms with Crippen LogP contribution < -0.4 is 4.74 Å². The van der Waals surface area contributed by atoms with E-state index in [0.29, 0.717) is 42.5 Å². The first kappa shape index (κ1) is 33.2. The molecule has 0 N–H and O–H groups in total. The number of halogens is 9. The van der Waals surface area contributed by atoms with Crippen LogP contribution in [0.25, 0.3) is 5.57 Å². The topological polar surface area (TPSA) is 55.8 Å². The van der Waals surface area contributed by atoms with Gasteiger partial charge in [-0.25, -0.2) is 4.79 Å². The van der Waals surface area contributed by atoms with E-state index in [2.05, 4.69) is 0 Å². The van der Waals surface area contributed by atoms with Gasteiger partial charge in [0.25, 0.3) is 5.78 Å². The number of rotatable bonds is 6. The first-order valence-corrected chi connectivity index (χ1v) is 13.4. The van der Waals surface area contributed by atoms with Crippen LogP contribution in [-0.4, -0.2) is 42.6 Å². The molecule has 0 spiro atoms. The summed E-state index contributed by atoms with van der Waals surface area (Å²) in [6.45, 7) is 5.10. The molecular formula is C30H28F9NO4. The van der Waals surface area contributed by atoms with Crippen molar-refractivity contribution in [2.24, 2.45) is 5.41 Å². The molecule has 0 saturated carbocycles. The molecule has 4 rings (SSSR count). The van der Waals surface area contributed by atoms with E-state index in [4.69, 9.17) is 9.47 Å². The number of nitrogens with zero attached hydrogens (tertiary/aromatic N) is 1. The van der Waals surface area contributed by atoms with Gasteiger partial charge in [0.15, 0.2) is 0 Å². The molecule has 2 aromatic rings. The van der Waals surface area contributed by atoms with E-state index in [1.54, 1.807) is 0 Å². The van der Waals surface area contributed by atoms with Gasteiger partial charge < -0.3 is 9.47 Å². The predicted molar refractivity (Wildman–Crippen MR) is 140 cm³/mol. The summed E-state index contributed by atoms with van der Waals surface area (Å²) in [6, 6.07) is 3.26. The summed E-state index contributed by atoms with van der Waals surface area (Å²) in [7, 11) is 1.30. The molecule has 0 radical (unpaired) electrons. The van der Waals surface area contributed by atoms with E-state index in [9.17, 15) is 49.1 Å². The van der Waals surface area contributed by atoms with Crippen LogP contribution in [0.2, 0.25) is 0 Å². The summed E-state index contributed by atoms with van der Waals surface area (Å²) < 4.78 is 131. The first-order valence-electron chi connectivity index (χ1n) is 13.4. The Hall–Kier alpha value is -3.71. The van der Waals surface area contributed by atoms with Gasteiger partial charge in [-0.15, -0.1) is 0 Å². The number of carbonyl (C=O) groups excluding carboxylic acids is 2. The van der Waals surface area contributed by atoms with E-state index in [1.807, 2.05) is 13.8 Å². The van der Waals surface area contributed by atoms with Crippen LogP contribution in [0.1, 0.15) is 78.7 Å². The third kappa shape index (κ3) is 6.83. The lowest BCUT2D eigenvalue weighted by Gasteiger charge is -2.36. The van der Waals surface area contributed by atoms with Gasteiger partial charge in [-0.05, 0) is 84.7 Å². The van der Waals surface area contributed by atoms with Crippen LogP contribution in [-0.2, 0) is 17.1 Å². The lowest BCUT2D eigenvalue weighted by molar-refractivity contribution is -0.143. The van der Waals surface area contributed by atoms with Gasteiger partial charge in [0, 0.05) is 17.7 Å². The Bertz CT molecular complexity index is 1460. The number of carbonyl (C=O) groups is 2. The van der Waals surface area contributed by atoms with Crippen molar-refractivity contribution in [3.05, 3.63) is 69.8 Å². The predicted octanol–water partition coefficient (Wildman–Crippen LogP) is 9.02. The zero-order valence-corrected chi connectivity index (χ0v) is 23.9. The molecule has 1 amide bonds. The van der Waals surface area contributed by atoms with E-state index in [0.717, 1.165) is 17.0 Å². The highest BCUT2D eigenvalue weighted by atomic mass is 19.4. The molecule has 1 aliphatic heterocycles. The zero-order valence-electron chi connectivity index (χ0n) is 23.9. The van der Waals surface area contributed by atoms with Gasteiger partial charge in [-0.3, -0.25) is 9.69 Å². The number of benzene rings is 2. The molecule has 44 heavy (non-hydrogen) atoms. The van der Waals surface area contributed by atoms with Crippen molar-refractivity contribution in [3.63, 3.8) is 0 Å². The molecule has 0 aromatic heterocycles. The largest absolute Gasteiger partial charge is 0.496 e. The van der Waals surface area contributed by atoms with Gasteiger partial charge in [0.05, 0.1) is 24.3 Å². The summed E-state index contributed by atoms with van der Waals surface area (Å²) in [6.07, 6.45) is -16.6. The number of hydrogen-bond acceptors (Lipinski definition) is 4. The molecular weight excluding hydrogens is 609 g/mol. The Kier molecular flexibility index (Phi) is 8.55. The van der Waals surface area contributed by atoms with E-state index in [-0.39, 0.29) is 29.3 Å². The van der Waals surface area contributed by atoms with Crippen LogP contribution in [0, 0.1) is 5.41 Å². The maximum absolute atomic E-state index is 13.5. The van der Waals surface area contributed by atoms with Crippen molar-refractivity contribution in [2.75, 3.05) is 13.7 Å². The zero-order chi connectivity index (χ0) is 33.0. The number of alkyl halides is 9. The molecule has 1 saturated heterocycles. The smallest absolute Gasteiger partial charge is 0.454 e. The fraction of sp³-hybridized carbons (Fsp3) is 0.467. The molecule has 1 heterocycles. The molecule has 2 atom stereocenters. The molecule has 14 heteroatoms. The third-order valence-electron chi connectivity index (χ3n) is 7.91. The number of allylic oxidation sites excluding steroid dienone is 1. The van der Waals surface area contributed by atoms with Crippen molar-refractivity contribution in [3.8, 4) is 5.75 Å². The highest BCUT2D eigenvalue weighted by molar-refractivity contribution is 6.01. The third-order valence-corrected chi connectivity index (χ3v) is 7.91. The maximum Gasteiger partial charge on any atom is 0.454 e. The second-order valence-electron chi connectivity index (χ2n) is 11.7. The van der Waals surface area contributed by atoms with Gasteiger partial charge in [0.2, 0.25) is 0 Å². The lowest BCUT2D eigenvalue weighted by Crippen LogP contribution is -2.35. The molecule has 2 unspecified atom stereocenters. The van der Waals surface area contributed by atoms with Crippen molar-refractivity contribution in [1.82, 2.24) is 4.90 Å². The minimum atomic E-state index is -5.13. The summed E-state index contributed by atoms with van der Waals surface area (Å²) in [5, 5.41) is 0. The van der Waals surface area contributed by atoms with E-state index in [1.165, 1.54) is 20.1 Å². The van der Waals surface area contributed by atoms with Gasteiger partial charge in [-0.1, -0.05) is 13.8 Å². The lowest BCUT2D eigenvalue weighted by atomic mass is 9.72. The van der Waals surface area contributed by atoms with Crippen molar-refractivity contribution < 1.29 is 58.6 Å². The average Bonchev–Trinajstić information content (AvgIpc) is 3.18. The van der Waals surface area contributed by atoms with Gasteiger partial charge >= 0.3 is 24.6 Å². The molecule has 0 bridgehead atoms. The van der Waals surface area contributed by atoms with E-state index >= 15 is 0 Å². The highest BCUT2D eigenvalue weighted by Crippen LogP contribution is 2.47. The summed E-state index contributed by atoms with van der Waals surface area (Å²) in [4.78, 5) is 26.2. The monoisotopic (exact) mass is 637 g/mol. The molecule has 1 aliphatic carbocycles. The number of Topliss-reactive ketones (excluding diaryl/α,β-unsaturated/α-hetero) is 1. The maximum atomic E-state index is 13.5. The van der Waals surface area contributed by atoms with Crippen molar-refractivity contribution in [2.45, 2.75) is 70.7 Å². The van der Waals surface area contributed by atoms with Crippen LogP contribution in [0.5, 0.6) is 5.75 Å². The molecule has 5 nitrogen and oxygen atoms in total. The number of ether oxygens (including phenoxy) is 2. The second kappa shape index (κ2) is 11.3. The van der Waals surface area contributed by atoms with Crippen LogP contribution >= 0.6 is 0 Å². The average molecular weight is 638 g/mol. The number of hydrogen-bond donors (Lipinski definition) is 0. The van der Waals surface area contributed by atoms with Gasteiger partial charge in [0.1, 0.15) is 11.9 Å². The molecule has 2 aromatic carbocycles. The quantitative estimate of drug-likeness (QED) is 0.234. The Morgan fingerprint density at radius 2 is 1.57 bits per heavy atom. The fourth-order valence-corrected chi connectivity index (χ4v) is 5.65. The highest BCUT2D eigenvalue weighted by Gasteiger charge is 2.45. The van der Waals surface area contributed by atoms with Gasteiger partial charge in [-0.2, -0.15) is 39.5 Å². The second-order valence-corrected chi connectivity index (χ2v) is 11.7. The summed E-state index contributed by atoms with van der Waals surface area (Å²) in [5.41, 5.74) is -3.26. The van der Waals surface area contributed by atoms with Crippen LogP contribution in [0.3, 0.4) is 0 Å². The van der Waals surface area contributed by atoms with E-state index < -0.39 is 64.8 Å². The normalized spacial score (nSPS) is 21.0. The minimum Gasteiger partial charge on any atom is -0.496 e.